The van der Waals surface area contributed by atoms with Crippen molar-refractivity contribution in [2.75, 3.05) is 17.7 Å². The van der Waals surface area contributed by atoms with Crippen LogP contribution in [0.25, 0.3) is 0 Å². The van der Waals surface area contributed by atoms with Crippen LogP contribution in [0.2, 0.25) is 0 Å². The second-order valence-corrected chi connectivity index (χ2v) is 5.49. The summed E-state index contributed by atoms with van der Waals surface area (Å²) in [6, 6.07) is 7.52. The van der Waals surface area contributed by atoms with Crippen molar-refractivity contribution in [3.8, 4) is 6.07 Å². The number of nitrogens with two attached hydrogens (primary N) is 1. The van der Waals surface area contributed by atoms with Crippen LogP contribution >= 0.6 is 0 Å². The van der Waals surface area contributed by atoms with E-state index in [1.807, 2.05) is 6.07 Å². The fourth-order valence-corrected chi connectivity index (χ4v) is 1.79. The molecule has 4 heteroatoms. The maximum atomic E-state index is 9.11. The maximum absolute atomic E-state index is 9.11. The van der Waals surface area contributed by atoms with Crippen molar-refractivity contribution in [1.29, 1.82) is 5.26 Å². The average molecular weight is 247 g/mol. The summed E-state index contributed by atoms with van der Waals surface area (Å²) in [4.78, 5) is 0. The summed E-state index contributed by atoms with van der Waals surface area (Å²) >= 11 is 0. The Hall–Kier alpha value is -1.73. The number of nitrogens with one attached hydrogen (secondary N) is 1. The molecule has 4 nitrogen and oxygen atoms in total. The van der Waals surface area contributed by atoms with Gasteiger partial charge in [-0.05, 0) is 30.0 Å². The van der Waals surface area contributed by atoms with E-state index in [0.29, 0.717) is 17.7 Å². The summed E-state index contributed by atoms with van der Waals surface area (Å²) in [6.45, 7) is 6.48. The zero-order valence-electron chi connectivity index (χ0n) is 11.2. The van der Waals surface area contributed by atoms with Crippen LogP contribution in [0.15, 0.2) is 18.2 Å². The molecule has 0 fully saturated rings. The summed E-state index contributed by atoms with van der Waals surface area (Å²) in [6.07, 6.45) is 0.662. The normalized spacial score (nSPS) is 12.8. The molecule has 1 rings (SSSR count). The molecule has 0 saturated heterocycles. The number of hydrogen-bond acceptors (Lipinski definition) is 4. The van der Waals surface area contributed by atoms with Gasteiger partial charge in [-0.25, -0.2) is 0 Å². The zero-order chi connectivity index (χ0) is 13.8. The largest absolute Gasteiger partial charge is 0.398 e. The predicted octanol–water partition coefficient (Wildman–Crippen LogP) is 2.35. The highest BCUT2D eigenvalue weighted by atomic mass is 16.3. The smallest absolute Gasteiger partial charge is 0.101 e. The average Bonchev–Trinajstić information content (AvgIpc) is 2.29. The Bertz CT molecular complexity index is 443. The molecule has 98 valence electrons. The van der Waals surface area contributed by atoms with E-state index in [9.17, 15) is 0 Å². The number of rotatable bonds is 4. The van der Waals surface area contributed by atoms with E-state index in [4.69, 9.17) is 16.1 Å². The van der Waals surface area contributed by atoms with Crippen molar-refractivity contribution in [3.05, 3.63) is 23.8 Å². The molecule has 1 aromatic rings. The van der Waals surface area contributed by atoms with Gasteiger partial charge in [-0.2, -0.15) is 5.26 Å². The van der Waals surface area contributed by atoms with Gasteiger partial charge in [0, 0.05) is 24.0 Å². The molecule has 0 aliphatic rings. The van der Waals surface area contributed by atoms with E-state index in [1.165, 1.54) is 0 Å². The molecule has 18 heavy (non-hydrogen) atoms. The first-order chi connectivity index (χ1) is 8.38. The minimum absolute atomic E-state index is 0.0247. The lowest BCUT2D eigenvalue weighted by molar-refractivity contribution is 0.235. The molecule has 4 N–H and O–H groups in total. The van der Waals surface area contributed by atoms with E-state index in [0.717, 1.165) is 5.69 Å². The monoisotopic (exact) mass is 247 g/mol. The SMILES string of the molecule is CC(C)(C)C(CCO)Nc1ccc(N)c(C#N)c1. The number of benzene rings is 1. The Morgan fingerprint density at radius 1 is 1.44 bits per heavy atom. The highest BCUT2D eigenvalue weighted by Gasteiger charge is 2.23. The fraction of sp³-hybridized carbons (Fsp3) is 0.500. The van der Waals surface area contributed by atoms with Crippen LogP contribution in [0.1, 0.15) is 32.8 Å². The number of nitrogen functional groups attached to an aromatic ring is 1. The van der Waals surface area contributed by atoms with Crippen molar-refractivity contribution in [1.82, 2.24) is 0 Å². The van der Waals surface area contributed by atoms with Gasteiger partial charge in [0.15, 0.2) is 0 Å². The Morgan fingerprint density at radius 3 is 2.61 bits per heavy atom. The van der Waals surface area contributed by atoms with Crippen molar-refractivity contribution in [3.63, 3.8) is 0 Å². The van der Waals surface area contributed by atoms with E-state index >= 15 is 0 Å². The molecule has 0 aromatic heterocycles. The first kappa shape index (κ1) is 14.3. The Kier molecular flexibility index (Phi) is 4.57. The summed E-state index contributed by atoms with van der Waals surface area (Å²) in [5.41, 5.74) is 7.52. The Balaban J connectivity index is 2.91. The van der Waals surface area contributed by atoms with Gasteiger partial charge in [-0.1, -0.05) is 20.8 Å². The number of anilines is 2. The van der Waals surface area contributed by atoms with Crippen molar-refractivity contribution in [2.24, 2.45) is 5.41 Å². The summed E-state index contributed by atoms with van der Waals surface area (Å²) in [5.74, 6) is 0. The molecular formula is C14H21N3O. The van der Waals surface area contributed by atoms with Crippen LogP contribution in [-0.2, 0) is 0 Å². The summed E-state index contributed by atoms with van der Waals surface area (Å²) < 4.78 is 0. The highest BCUT2D eigenvalue weighted by molar-refractivity contribution is 5.62. The zero-order valence-corrected chi connectivity index (χ0v) is 11.2. The van der Waals surface area contributed by atoms with Crippen LogP contribution in [0.3, 0.4) is 0 Å². The van der Waals surface area contributed by atoms with Gasteiger partial charge in [0.25, 0.3) is 0 Å². The number of aliphatic hydroxyl groups is 1. The lowest BCUT2D eigenvalue weighted by Gasteiger charge is -2.32. The van der Waals surface area contributed by atoms with Crippen molar-refractivity contribution >= 4 is 11.4 Å². The lowest BCUT2D eigenvalue weighted by atomic mass is 9.84. The van der Waals surface area contributed by atoms with Crippen molar-refractivity contribution in [2.45, 2.75) is 33.2 Å². The molecular weight excluding hydrogens is 226 g/mol. The van der Waals surface area contributed by atoms with Gasteiger partial charge < -0.3 is 16.2 Å². The number of nitriles is 1. The molecule has 0 saturated carbocycles. The topological polar surface area (TPSA) is 82.1 Å². The molecule has 0 spiro atoms. The van der Waals surface area contributed by atoms with Gasteiger partial charge in [-0.15, -0.1) is 0 Å². The Labute approximate surface area is 108 Å². The van der Waals surface area contributed by atoms with E-state index in [1.54, 1.807) is 12.1 Å². The third-order valence-corrected chi connectivity index (χ3v) is 2.98. The highest BCUT2D eigenvalue weighted by Crippen LogP contribution is 2.26. The molecule has 0 aliphatic carbocycles. The van der Waals surface area contributed by atoms with Crippen LogP contribution < -0.4 is 11.1 Å². The predicted molar refractivity (Wildman–Crippen MR) is 74.1 cm³/mol. The van der Waals surface area contributed by atoms with Gasteiger partial charge >= 0.3 is 0 Å². The Morgan fingerprint density at radius 2 is 2.11 bits per heavy atom. The standard InChI is InChI=1S/C14H21N3O/c1-14(2,3)13(6-7-18)17-11-4-5-12(16)10(8-11)9-15/h4-5,8,13,17-18H,6-7,16H2,1-3H3. The van der Waals surface area contributed by atoms with E-state index in [-0.39, 0.29) is 18.1 Å². The molecule has 1 unspecified atom stereocenters. The van der Waals surface area contributed by atoms with Gasteiger partial charge in [0.2, 0.25) is 0 Å². The van der Waals surface area contributed by atoms with Crippen LogP contribution in [-0.4, -0.2) is 17.8 Å². The number of hydrogen-bond donors (Lipinski definition) is 3. The quantitative estimate of drug-likeness (QED) is 0.713. The summed E-state index contributed by atoms with van der Waals surface area (Å²) in [5, 5.41) is 21.4. The second-order valence-electron chi connectivity index (χ2n) is 5.49. The lowest BCUT2D eigenvalue weighted by Crippen LogP contribution is -2.34. The molecule has 0 aliphatic heterocycles. The molecule has 0 heterocycles. The number of nitrogens with zero attached hydrogens (tertiary/aromatic N) is 1. The van der Waals surface area contributed by atoms with E-state index in [2.05, 4.69) is 32.2 Å². The molecule has 0 radical (unpaired) electrons. The van der Waals surface area contributed by atoms with E-state index < -0.39 is 0 Å². The minimum atomic E-state index is 0.0247. The second kappa shape index (κ2) is 5.74. The molecule has 1 atom stereocenters. The first-order valence-electron chi connectivity index (χ1n) is 6.05. The van der Waals surface area contributed by atoms with Gasteiger partial charge in [0.05, 0.1) is 5.56 Å². The third kappa shape index (κ3) is 3.64. The maximum Gasteiger partial charge on any atom is 0.101 e. The summed E-state index contributed by atoms with van der Waals surface area (Å²) in [7, 11) is 0. The van der Waals surface area contributed by atoms with Crippen LogP contribution in [0, 0.1) is 16.7 Å². The van der Waals surface area contributed by atoms with Gasteiger partial charge in [-0.3, -0.25) is 0 Å². The molecule has 1 aromatic carbocycles. The van der Waals surface area contributed by atoms with Crippen LogP contribution in [0.4, 0.5) is 11.4 Å². The van der Waals surface area contributed by atoms with Crippen molar-refractivity contribution < 1.29 is 5.11 Å². The molecule has 0 bridgehead atoms. The fourth-order valence-electron chi connectivity index (χ4n) is 1.79. The third-order valence-electron chi connectivity index (χ3n) is 2.98. The van der Waals surface area contributed by atoms with Crippen LogP contribution in [0.5, 0.6) is 0 Å². The first-order valence-corrected chi connectivity index (χ1v) is 6.05. The number of aliphatic hydroxyl groups excluding tert-OH is 1. The minimum Gasteiger partial charge on any atom is -0.398 e. The van der Waals surface area contributed by atoms with Gasteiger partial charge in [0.1, 0.15) is 6.07 Å². The molecule has 0 amide bonds.